The van der Waals surface area contributed by atoms with E-state index in [-0.39, 0.29) is 0 Å². The van der Waals surface area contributed by atoms with Crippen LogP contribution in [0.4, 0.5) is 0 Å². The zero-order valence-electron chi connectivity index (χ0n) is 9.53. The number of hydrogen-bond acceptors (Lipinski definition) is 2. The molecule has 0 aliphatic carbocycles. The molecular formula is C14H10Cl2N2. The van der Waals surface area contributed by atoms with Gasteiger partial charge >= 0.3 is 0 Å². The molecule has 3 rings (SSSR count). The lowest BCUT2D eigenvalue weighted by Gasteiger charge is -2.08. The minimum Gasteiger partial charge on any atom is -0.256 e. The Bertz CT molecular complexity index is 725. The van der Waals surface area contributed by atoms with E-state index in [0.717, 1.165) is 33.1 Å². The summed E-state index contributed by atoms with van der Waals surface area (Å²) >= 11 is 11.8. The molecule has 0 amide bonds. The molecular weight excluding hydrogens is 267 g/mol. The Morgan fingerprint density at radius 1 is 1.06 bits per heavy atom. The second-order valence-corrected chi connectivity index (χ2v) is 4.60. The van der Waals surface area contributed by atoms with E-state index in [2.05, 4.69) is 16.0 Å². The number of aromatic nitrogens is 2. The zero-order chi connectivity index (χ0) is 12.5. The van der Waals surface area contributed by atoms with Crippen molar-refractivity contribution >= 4 is 45.0 Å². The molecule has 0 atom stereocenters. The van der Waals surface area contributed by atoms with Crippen LogP contribution in [-0.4, -0.2) is 9.97 Å². The van der Waals surface area contributed by atoms with Gasteiger partial charge in [0.05, 0.1) is 22.6 Å². The highest BCUT2D eigenvalue weighted by Crippen LogP contribution is 2.25. The predicted octanol–water partition coefficient (Wildman–Crippen LogP) is 4.26. The van der Waals surface area contributed by atoms with Gasteiger partial charge in [-0.1, -0.05) is 6.07 Å². The molecule has 2 aromatic heterocycles. The highest BCUT2D eigenvalue weighted by Gasteiger charge is 2.08. The molecule has 0 unspecified atom stereocenters. The Morgan fingerprint density at radius 2 is 1.94 bits per heavy atom. The second-order valence-electron chi connectivity index (χ2n) is 4.07. The Morgan fingerprint density at radius 3 is 2.72 bits per heavy atom. The molecule has 2 heterocycles. The van der Waals surface area contributed by atoms with Gasteiger partial charge in [0.25, 0.3) is 0 Å². The fourth-order valence-electron chi connectivity index (χ4n) is 2.10. The van der Waals surface area contributed by atoms with Crippen LogP contribution in [0.2, 0.25) is 0 Å². The molecule has 0 aliphatic rings. The largest absolute Gasteiger partial charge is 0.256 e. The highest BCUT2D eigenvalue weighted by atomic mass is 35.5. The van der Waals surface area contributed by atoms with Crippen molar-refractivity contribution in [3.63, 3.8) is 0 Å². The number of nitrogens with zero attached hydrogens (tertiary/aromatic N) is 2. The summed E-state index contributed by atoms with van der Waals surface area (Å²) in [5.41, 5.74) is 3.71. The lowest BCUT2D eigenvalue weighted by atomic mass is 10.1. The monoisotopic (exact) mass is 276 g/mol. The first-order valence-corrected chi connectivity index (χ1v) is 6.68. The summed E-state index contributed by atoms with van der Waals surface area (Å²) in [6.45, 7) is 0. The first kappa shape index (κ1) is 11.7. The number of hydrogen-bond donors (Lipinski definition) is 0. The summed E-state index contributed by atoms with van der Waals surface area (Å²) in [5, 5.41) is 2.11. The summed E-state index contributed by atoms with van der Waals surface area (Å²) in [4.78, 5) is 8.97. The minimum atomic E-state index is 0.370. The number of rotatable bonds is 2. The molecule has 0 fully saturated rings. The lowest BCUT2D eigenvalue weighted by Crippen LogP contribution is -1.95. The first-order valence-electron chi connectivity index (χ1n) is 5.61. The van der Waals surface area contributed by atoms with Crippen LogP contribution in [0, 0.1) is 0 Å². The molecule has 1 aromatic carbocycles. The van der Waals surface area contributed by atoms with Crippen LogP contribution < -0.4 is 0 Å². The summed E-state index contributed by atoms with van der Waals surface area (Å²) in [6, 6.07) is 10.0. The summed E-state index contributed by atoms with van der Waals surface area (Å²) in [5.74, 6) is 0.796. The standard InChI is InChI=1S/C14H10Cl2N2/c15-7-10-6-9-3-4-12-11(2-1-5-17-12)14(9)18-13(10)8-16/h1-6H,7-8H2. The lowest BCUT2D eigenvalue weighted by molar-refractivity contribution is 1.15. The van der Waals surface area contributed by atoms with Crippen LogP contribution in [0.1, 0.15) is 11.3 Å². The number of fused-ring (bicyclic) bond motifs is 3. The minimum absolute atomic E-state index is 0.370. The first-order chi connectivity index (χ1) is 8.83. The van der Waals surface area contributed by atoms with Crippen LogP contribution in [-0.2, 0) is 11.8 Å². The third-order valence-corrected chi connectivity index (χ3v) is 3.55. The molecule has 18 heavy (non-hydrogen) atoms. The van der Waals surface area contributed by atoms with Gasteiger partial charge in [-0.2, -0.15) is 0 Å². The summed E-state index contributed by atoms with van der Waals surface area (Å²) in [6.07, 6.45) is 1.78. The zero-order valence-corrected chi connectivity index (χ0v) is 11.0. The Hall–Kier alpha value is -1.38. The Balaban J connectivity index is 2.43. The maximum absolute atomic E-state index is 5.93. The molecule has 4 heteroatoms. The van der Waals surface area contributed by atoms with Gasteiger partial charge in [0.2, 0.25) is 0 Å². The summed E-state index contributed by atoms with van der Waals surface area (Å²) < 4.78 is 0. The van der Waals surface area contributed by atoms with Gasteiger partial charge < -0.3 is 0 Å². The molecule has 3 aromatic rings. The van der Waals surface area contributed by atoms with E-state index in [1.165, 1.54) is 0 Å². The Labute approximate surface area is 115 Å². The van der Waals surface area contributed by atoms with Crippen molar-refractivity contribution in [1.82, 2.24) is 9.97 Å². The number of benzene rings is 1. The third kappa shape index (κ3) is 1.82. The average Bonchev–Trinajstić information content (AvgIpc) is 2.45. The van der Waals surface area contributed by atoms with Crippen molar-refractivity contribution in [2.75, 3.05) is 0 Å². The predicted molar refractivity (Wildman–Crippen MR) is 76.2 cm³/mol. The summed E-state index contributed by atoms with van der Waals surface area (Å²) in [7, 11) is 0. The van der Waals surface area contributed by atoms with E-state index in [1.807, 2.05) is 24.3 Å². The number of pyridine rings is 2. The van der Waals surface area contributed by atoms with E-state index in [1.54, 1.807) is 6.20 Å². The fourth-order valence-corrected chi connectivity index (χ4v) is 2.57. The van der Waals surface area contributed by atoms with Crippen molar-refractivity contribution in [3.05, 3.63) is 47.8 Å². The van der Waals surface area contributed by atoms with Crippen LogP contribution in [0.3, 0.4) is 0 Å². The smallest absolute Gasteiger partial charge is 0.0800 e. The van der Waals surface area contributed by atoms with Crippen molar-refractivity contribution in [2.45, 2.75) is 11.8 Å². The molecule has 0 radical (unpaired) electrons. The normalized spacial score (nSPS) is 11.2. The van der Waals surface area contributed by atoms with Gasteiger partial charge in [0.15, 0.2) is 0 Å². The van der Waals surface area contributed by atoms with E-state index in [9.17, 15) is 0 Å². The van der Waals surface area contributed by atoms with Gasteiger partial charge in [0, 0.05) is 22.8 Å². The van der Waals surface area contributed by atoms with Gasteiger partial charge in [-0.25, -0.2) is 0 Å². The topological polar surface area (TPSA) is 25.8 Å². The Kier molecular flexibility index (Phi) is 3.06. The fraction of sp³-hybridized carbons (Fsp3) is 0.143. The van der Waals surface area contributed by atoms with Gasteiger partial charge in [-0.05, 0) is 29.8 Å². The van der Waals surface area contributed by atoms with Crippen molar-refractivity contribution in [3.8, 4) is 0 Å². The van der Waals surface area contributed by atoms with Crippen molar-refractivity contribution in [2.24, 2.45) is 0 Å². The average molecular weight is 277 g/mol. The maximum atomic E-state index is 5.93. The van der Waals surface area contributed by atoms with Crippen molar-refractivity contribution in [1.29, 1.82) is 0 Å². The number of alkyl halides is 2. The van der Waals surface area contributed by atoms with Crippen LogP contribution in [0.15, 0.2) is 36.5 Å². The van der Waals surface area contributed by atoms with Crippen LogP contribution in [0.5, 0.6) is 0 Å². The molecule has 0 aliphatic heterocycles. The van der Waals surface area contributed by atoms with Crippen LogP contribution >= 0.6 is 23.2 Å². The SMILES string of the molecule is ClCc1cc2ccc3ncccc3c2nc1CCl. The van der Waals surface area contributed by atoms with E-state index in [0.29, 0.717) is 11.8 Å². The third-order valence-electron chi connectivity index (χ3n) is 3.01. The van der Waals surface area contributed by atoms with E-state index in [4.69, 9.17) is 23.2 Å². The van der Waals surface area contributed by atoms with Gasteiger partial charge in [0.1, 0.15) is 0 Å². The molecule has 0 saturated carbocycles. The molecule has 2 nitrogen and oxygen atoms in total. The quantitative estimate of drug-likeness (QED) is 0.516. The number of halogens is 2. The van der Waals surface area contributed by atoms with Gasteiger partial charge in [-0.15, -0.1) is 23.2 Å². The molecule has 0 spiro atoms. The van der Waals surface area contributed by atoms with Crippen LogP contribution in [0.25, 0.3) is 21.8 Å². The van der Waals surface area contributed by atoms with E-state index < -0.39 is 0 Å². The highest BCUT2D eigenvalue weighted by molar-refractivity contribution is 6.19. The van der Waals surface area contributed by atoms with Crippen molar-refractivity contribution < 1.29 is 0 Å². The molecule has 0 saturated heterocycles. The molecule has 0 N–H and O–H groups in total. The molecule has 90 valence electrons. The van der Waals surface area contributed by atoms with E-state index >= 15 is 0 Å². The molecule has 0 bridgehead atoms. The maximum Gasteiger partial charge on any atom is 0.0800 e. The second kappa shape index (κ2) is 4.71. The van der Waals surface area contributed by atoms with Gasteiger partial charge in [-0.3, -0.25) is 9.97 Å².